The van der Waals surface area contributed by atoms with Gasteiger partial charge in [-0.25, -0.2) is 4.79 Å². The SMILES string of the molecule is CC(=CCNOCC(F)(F)F)C(=O)O. The maximum atomic E-state index is 11.5. The van der Waals surface area contributed by atoms with Gasteiger partial charge in [-0.3, -0.25) is 4.84 Å². The predicted octanol–water partition coefficient (Wildman–Crippen LogP) is 1.10. The van der Waals surface area contributed by atoms with Crippen LogP contribution in [0.25, 0.3) is 0 Å². The lowest BCUT2D eigenvalue weighted by atomic mass is 10.3. The number of rotatable bonds is 5. The van der Waals surface area contributed by atoms with Crippen LogP contribution in [-0.4, -0.2) is 30.4 Å². The molecule has 0 aliphatic heterocycles. The topological polar surface area (TPSA) is 58.6 Å². The lowest BCUT2D eigenvalue weighted by Crippen LogP contribution is -2.25. The van der Waals surface area contributed by atoms with E-state index >= 15 is 0 Å². The summed E-state index contributed by atoms with van der Waals surface area (Å²) in [5, 5.41) is 8.35. The Balaban J connectivity index is 3.57. The van der Waals surface area contributed by atoms with E-state index in [1.807, 2.05) is 5.48 Å². The molecule has 0 rings (SSSR count). The molecule has 2 N–H and O–H groups in total. The van der Waals surface area contributed by atoms with E-state index in [0.717, 1.165) is 0 Å². The van der Waals surface area contributed by atoms with Crippen molar-refractivity contribution in [2.24, 2.45) is 0 Å². The fourth-order valence-corrected chi connectivity index (χ4v) is 0.474. The van der Waals surface area contributed by atoms with Crippen molar-refractivity contribution < 1.29 is 27.9 Å². The van der Waals surface area contributed by atoms with Crippen LogP contribution in [0, 0.1) is 0 Å². The molecular formula is C7H10F3NO3. The maximum Gasteiger partial charge on any atom is 0.413 e. The number of carboxylic acid groups (broad SMARTS) is 1. The molecule has 0 aliphatic carbocycles. The average molecular weight is 213 g/mol. The third kappa shape index (κ3) is 7.56. The quantitative estimate of drug-likeness (QED) is 0.408. The third-order valence-corrected chi connectivity index (χ3v) is 1.17. The largest absolute Gasteiger partial charge is 0.478 e. The van der Waals surface area contributed by atoms with Crippen molar-refractivity contribution >= 4 is 5.97 Å². The van der Waals surface area contributed by atoms with E-state index in [-0.39, 0.29) is 12.1 Å². The molecule has 0 bridgehead atoms. The smallest absolute Gasteiger partial charge is 0.413 e. The third-order valence-electron chi connectivity index (χ3n) is 1.17. The highest BCUT2D eigenvalue weighted by Gasteiger charge is 2.27. The number of nitrogens with one attached hydrogen (secondary N) is 1. The summed E-state index contributed by atoms with van der Waals surface area (Å²) in [4.78, 5) is 14.2. The van der Waals surface area contributed by atoms with Gasteiger partial charge in [-0.1, -0.05) is 6.08 Å². The van der Waals surface area contributed by atoms with E-state index in [4.69, 9.17) is 5.11 Å². The maximum absolute atomic E-state index is 11.5. The second-order valence-electron chi connectivity index (χ2n) is 2.44. The monoisotopic (exact) mass is 213 g/mol. The highest BCUT2D eigenvalue weighted by atomic mass is 19.4. The lowest BCUT2D eigenvalue weighted by Gasteiger charge is -2.06. The van der Waals surface area contributed by atoms with E-state index in [1.165, 1.54) is 13.0 Å². The summed E-state index contributed by atoms with van der Waals surface area (Å²) < 4.78 is 34.5. The predicted molar refractivity (Wildman–Crippen MR) is 41.4 cm³/mol. The van der Waals surface area contributed by atoms with Crippen molar-refractivity contribution in [2.75, 3.05) is 13.2 Å². The molecule has 0 heterocycles. The molecule has 0 unspecified atom stereocenters. The molecule has 0 aromatic rings. The summed E-state index contributed by atoms with van der Waals surface area (Å²) in [5.74, 6) is -1.12. The number of alkyl halides is 3. The van der Waals surface area contributed by atoms with Gasteiger partial charge >= 0.3 is 12.1 Å². The molecule has 0 aromatic carbocycles. The van der Waals surface area contributed by atoms with Gasteiger partial charge in [-0.2, -0.15) is 18.7 Å². The van der Waals surface area contributed by atoms with E-state index in [1.54, 1.807) is 0 Å². The molecule has 0 fully saturated rings. The summed E-state index contributed by atoms with van der Waals surface area (Å²) in [5.41, 5.74) is 2.00. The molecule has 0 saturated heterocycles. The molecular weight excluding hydrogens is 203 g/mol. The molecule has 0 aromatic heterocycles. The summed E-state index contributed by atoms with van der Waals surface area (Å²) in [6.45, 7) is -0.172. The van der Waals surface area contributed by atoms with Crippen LogP contribution in [0.15, 0.2) is 11.6 Å². The molecule has 0 atom stereocenters. The molecule has 14 heavy (non-hydrogen) atoms. The van der Waals surface area contributed by atoms with Crippen LogP contribution in [-0.2, 0) is 9.63 Å². The molecule has 0 amide bonds. The highest BCUT2D eigenvalue weighted by molar-refractivity contribution is 5.85. The summed E-state index contributed by atoms with van der Waals surface area (Å²) in [6, 6.07) is 0. The average Bonchev–Trinajstić information content (AvgIpc) is 2.01. The Morgan fingerprint density at radius 3 is 2.57 bits per heavy atom. The zero-order valence-electron chi connectivity index (χ0n) is 7.39. The Morgan fingerprint density at radius 1 is 1.57 bits per heavy atom. The van der Waals surface area contributed by atoms with Crippen LogP contribution in [0.4, 0.5) is 13.2 Å². The van der Waals surface area contributed by atoms with Crippen molar-refractivity contribution in [1.29, 1.82) is 0 Å². The minimum Gasteiger partial charge on any atom is -0.478 e. The molecule has 0 spiro atoms. The van der Waals surface area contributed by atoms with Crippen LogP contribution in [0.2, 0.25) is 0 Å². The van der Waals surface area contributed by atoms with Crippen LogP contribution in [0.3, 0.4) is 0 Å². The van der Waals surface area contributed by atoms with Gasteiger partial charge in [0, 0.05) is 12.1 Å². The van der Waals surface area contributed by atoms with Gasteiger partial charge in [0.05, 0.1) is 0 Å². The minimum atomic E-state index is -4.39. The van der Waals surface area contributed by atoms with Crippen LogP contribution in [0.1, 0.15) is 6.92 Å². The number of carbonyl (C=O) groups is 1. The number of hydroxylamine groups is 1. The molecule has 7 heteroatoms. The van der Waals surface area contributed by atoms with Gasteiger partial charge in [0.15, 0.2) is 6.61 Å². The van der Waals surface area contributed by atoms with Crippen LogP contribution < -0.4 is 5.48 Å². The lowest BCUT2D eigenvalue weighted by molar-refractivity contribution is -0.188. The molecule has 0 radical (unpaired) electrons. The van der Waals surface area contributed by atoms with Crippen LogP contribution >= 0.6 is 0 Å². The Bertz CT molecular complexity index is 225. The zero-order valence-corrected chi connectivity index (χ0v) is 7.39. The van der Waals surface area contributed by atoms with Gasteiger partial charge < -0.3 is 5.11 Å². The van der Waals surface area contributed by atoms with Crippen molar-refractivity contribution in [3.63, 3.8) is 0 Å². The molecule has 82 valence electrons. The first kappa shape index (κ1) is 12.9. The fraction of sp³-hybridized carbons (Fsp3) is 0.571. The summed E-state index contributed by atoms with van der Waals surface area (Å²) >= 11 is 0. The van der Waals surface area contributed by atoms with Crippen molar-refractivity contribution in [2.45, 2.75) is 13.1 Å². The van der Waals surface area contributed by atoms with Gasteiger partial charge in [-0.05, 0) is 6.92 Å². The number of halogens is 3. The van der Waals surface area contributed by atoms with Crippen molar-refractivity contribution in [3.8, 4) is 0 Å². The Hall–Kier alpha value is -1.08. The second kappa shape index (κ2) is 5.61. The van der Waals surface area contributed by atoms with E-state index in [9.17, 15) is 18.0 Å². The molecule has 0 aliphatic rings. The van der Waals surface area contributed by atoms with E-state index in [2.05, 4.69) is 4.84 Å². The highest BCUT2D eigenvalue weighted by Crippen LogP contribution is 2.13. The number of hydrogen-bond donors (Lipinski definition) is 2. The van der Waals surface area contributed by atoms with Crippen molar-refractivity contribution in [3.05, 3.63) is 11.6 Å². The Kier molecular flexibility index (Phi) is 5.18. The standard InChI is InChI=1S/C7H10F3NO3/c1-5(6(12)13)2-3-11-14-4-7(8,9)10/h2,11H,3-4H2,1H3,(H,12,13). The molecule has 0 saturated carbocycles. The number of hydrogen-bond acceptors (Lipinski definition) is 3. The Labute approximate surface area is 78.3 Å². The first-order valence-electron chi connectivity index (χ1n) is 3.64. The number of carboxylic acids is 1. The Morgan fingerprint density at radius 2 is 2.14 bits per heavy atom. The van der Waals surface area contributed by atoms with E-state index in [0.29, 0.717) is 0 Å². The van der Waals surface area contributed by atoms with Gasteiger partial charge in [-0.15, -0.1) is 0 Å². The first-order chi connectivity index (χ1) is 6.33. The second-order valence-corrected chi connectivity index (χ2v) is 2.44. The first-order valence-corrected chi connectivity index (χ1v) is 3.64. The number of aliphatic carboxylic acids is 1. The van der Waals surface area contributed by atoms with Gasteiger partial charge in [0.2, 0.25) is 0 Å². The zero-order chi connectivity index (χ0) is 11.2. The normalized spacial score (nSPS) is 13.0. The molecule has 4 nitrogen and oxygen atoms in total. The summed E-state index contributed by atoms with van der Waals surface area (Å²) in [7, 11) is 0. The van der Waals surface area contributed by atoms with Crippen molar-refractivity contribution in [1.82, 2.24) is 5.48 Å². The van der Waals surface area contributed by atoms with Gasteiger partial charge in [0.25, 0.3) is 0 Å². The van der Waals surface area contributed by atoms with Crippen LogP contribution in [0.5, 0.6) is 0 Å². The van der Waals surface area contributed by atoms with E-state index < -0.39 is 18.8 Å². The fourth-order valence-electron chi connectivity index (χ4n) is 0.474. The summed E-state index contributed by atoms with van der Waals surface area (Å²) in [6.07, 6.45) is -3.18. The van der Waals surface area contributed by atoms with Gasteiger partial charge in [0.1, 0.15) is 0 Å². The minimum absolute atomic E-state index is 0.0353.